The van der Waals surface area contributed by atoms with Crippen molar-refractivity contribution in [2.24, 2.45) is 0 Å². The molecule has 0 radical (unpaired) electrons. The van der Waals surface area contributed by atoms with Crippen molar-refractivity contribution >= 4 is 17.9 Å². The first-order valence-electron chi connectivity index (χ1n) is 4.18. The molecule has 74 valence electrons. The van der Waals surface area contributed by atoms with E-state index in [1.165, 1.54) is 6.92 Å². The third-order valence-corrected chi connectivity index (χ3v) is 1.83. The standard InChI is InChI=1S/C10H11NO3/c1-7(10(13)14)11-9-5-3-2-4-8(9)6-12/h2-7,11H,1H3,(H,13,14). The minimum atomic E-state index is -0.953. The maximum atomic E-state index is 10.6. The lowest BCUT2D eigenvalue weighted by Gasteiger charge is -2.11. The van der Waals surface area contributed by atoms with Gasteiger partial charge in [-0.25, -0.2) is 0 Å². The lowest BCUT2D eigenvalue weighted by atomic mass is 10.2. The lowest BCUT2D eigenvalue weighted by molar-refractivity contribution is -0.137. The highest BCUT2D eigenvalue weighted by Gasteiger charge is 2.11. The maximum absolute atomic E-state index is 10.6. The molecule has 0 amide bonds. The van der Waals surface area contributed by atoms with Gasteiger partial charge in [0.1, 0.15) is 6.04 Å². The van der Waals surface area contributed by atoms with Gasteiger partial charge < -0.3 is 10.4 Å². The van der Waals surface area contributed by atoms with Crippen molar-refractivity contribution in [3.05, 3.63) is 29.8 Å². The Balaban J connectivity index is 2.85. The predicted octanol–water partition coefficient (Wildman–Crippen LogP) is 1.38. The molecule has 4 heteroatoms. The van der Waals surface area contributed by atoms with Gasteiger partial charge in [0.15, 0.2) is 6.29 Å². The highest BCUT2D eigenvalue weighted by Crippen LogP contribution is 2.13. The Labute approximate surface area is 81.6 Å². The van der Waals surface area contributed by atoms with Crippen LogP contribution in [0.1, 0.15) is 17.3 Å². The van der Waals surface area contributed by atoms with E-state index in [1.807, 2.05) is 0 Å². The number of aldehydes is 1. The molecule has 1 unspecified atom stereocenters. The molecule has 1 aromatic rings. The summed E-state index contributed by atoms with van der Waals surface area (Å²) in [6.45, 7) is 1.52. The fourth-order valence-corrected chi connectivity index (χ4v) is 1.03. The van der Waals surface area contributed by atoms with Crippen LogP contribution in [0.15, 0.2) is 24.3 Å². The van der Waals surface area contributed by atoms with E-state index in [-0.39, 0.29) is 0 Å². The van der Waals surface area contributed by atoms with Crippen molar-refractivity contribution in [2.45, 2.75) is 13.0 Å². The fraction of sp³-hybridized carbons (Fsp3) is 0.200. The van der Waals surface area contributed by atoms with Crippen LogP contribution in [0.25, 0.3) is 0 Å². The van der Waals surface area contributed by atoms with E-state index in [0.29, 0.717) is 17.5 Å². The highest BCUT2D eigenvalue weighted by molar-refractivity contribution is 5.86. The van der Waals surface area contributed by atoms with Gasteiger partial charge in [0.05, 0.1) is 0 Å². The topological polar surface area (TPSA) is 66.4 Å². The number of carboxylic acids is 1. The summed E-state index contributed by atoms with van der Waals surface area (Å²) in [7, 11) is 0. The number of rotatable bonds is 4. The van der Waals surface area contributed by atoms with E-state index >= 15 is 0 Å². The van der Waals surface area contributed by atoms with Crippen LogP contribution in [-0.2, 0) is 4.79 Å². The van der Waals surface area contributed by atoms with Gasteiger partial charge in [-0.1, -0.05) is 12.1 Å². The van der Waals surface area contributed by atoms with Gasteiger partial charge in [0, 0.05) is 11.3 Å². The van der Waals surface area contributed by atoms with E-state index < -0.39 is 12.0 Å². The van der Waals surface area contributed by atoms with Gasteiger partial charge in [-0.2, -0.15) is 0 Å². The first-order valence-corrected chi connectivity index (χ1v) is 4.18. The number of anilines is 1. The molecule has 4 nitrogen and oxygen atoms in total. The Kier molecular flexibility index (Phi) is 3.23. The van der Waals surface area contributed by atoms with E-state index in [0.717, 1.165) is 0 Å². The maximum Gasteiger partial charge on any atom is 0.325 e. The number of para-hydroxylation sites is 1. The lowest BCUT2D eigenvalue weighted by Crippen LogP contribution is -2.25. The Hall–Kier alpha value is -1.84. The van der Waals surface area contributed by atoms with Crippen LogP contribution in [0.3, 0.4) is 0 Å². The van der Waals surface area contributed by atoms with Crippen molar-refractivity contribution in [2.75, 3.05) is 5.32 Å². The molecule has 0 fully saturated rings. The molecule has 0 bridgehead atoms. The average molecular weight is 193 g/mol. The van der Waals surface area contributed by atoms with Gasteiger partial charge in [-0.05, 0) is 19.1 Å². The summed E-state index contributed by atoms with van der Waals surface area (Å²) in [5.41, 5.74) is 0.998. The van der Waals surface area contributed by atoms with Crippen LogP contribution in [0.2, 0.25) is 0 Å². The number of aliphatic carboxylic acids is 1. The molecule has 0 saturated heterocycles. The zero-order valence-electron chi connectivity index (χ0n) is 7.73. The van der Waals surface area contributed by atoms with Gasteiger partial charge >= 0.3 is 5.97 Å². The van der Waals surface area contributed by atoms with Crippen molar-refractivity contribution < 1.29 is 14.7 Å². The van der Waals surface area contributed by atoms with Crippen LogP contribution in [0.5, 0.6) is 0 Å². The van der Waals surface area contributed by atoms with Crippen molar-refractivity contribution in [3.8, 4) is 0 Å². The number of hydrogen-bond donors (Lipinski definition) is 2. The number of carboxylic acid groups (broad SMARTS) is 1. The monoisotopic (exact) mass is 193 g/mol. The van der Waals surface area contributed by atoms with Gasteiger partial charge in [-0.3, -0.25) is 9.59 Å². The van der Waals surface area contributed by atoms with E-state index in [9.17, 15) is 9.59 Å². The molecule has 1 rings (SSSR count). The normalized spacial score (nSPS) is 11.8. The Morgan fingerprint density at radius 3 is 2.71 bits per heavy atom. The van der Waals surface area contributed by atoms with E-state index in [4.69, 9.17) is 5.11 Å². The third-order valence-electron chi connectivity index (χ3n) is 1.83. The molecule has 0 aliphatic heterocycles. The molecule has 1 aromatic carbocycles. The first kappa shape index (κ1) is 10.2. The second kappa shape index (κ2) is 4.41. The number of benzene rings is 1. The molecule has 1 atom stereocenters. The van der Waals surface area contributed by atoms with Crippen LogP contribution < -0.4 is 5.32 Å². The van der Waals surface area contributed by atoms with Gasteiger partial charge in [-0.15, -0.1) is 0 Å². The van der Waals surface area contributed by atoms with Crippen molar-refractivity contribution in [1.29, 1.82) is 0 Å². The molecule has 14 heavy (non-hydrogen) atoms. The van der Waals surface area contributed by atoms with Gasteiger partial charge in [0.2, 0.25) is 0 Å². The Bertz CT molecular complexity index is 349. The molecule has 0 aliphatic rings. The van der Waals surface area contributed by atoms with Crippen LogP contribution in [0.4, 0.5) is 5.69 Å². The molecular weight excluding hydrogens is 182 g/mol. The molecule has 0 aliphatic carbocycles. The number of carbonyl (C=O) groups is 2. The average Bonchev–Trinajstić information content (AvgIpc) is 2.18. The third kappa shape index (κ3) is 2.32. The molecule has 0 saturated carbocycles. The predicted molar refractivity (Wildman–Crippen MR) is 52.6 cm³/mol. The van der Waals surface area contributed by atoms with Crippen molar-refractivity contribution in [1.82, 2.24) is 0 Å². The molecule has 2 N–H and O–H groups in total. The van der Waals surface area contributed by atoms with Crippen LogP contribution >= 0.6 is 0 Å². The molecule has 0 aromatic heterocycles. The van der Waals surface area contributed by atoms with E-state index in [2.05, 4.69) is 5.32 Å². The van der Waals surface area contributed by atoms with Crippen LogP contribution in [0, 0.1) is 0 Å². The number of carbonyl (C=O) groups excluding carboxylic acids is 1. The quantitative estimate of drug-likeness (QED) is 0.709. The molecule has 0 heterocycles. The first-order chi connectivity index (χ1) is 6.65. The highest BCUT2D eigenvalue weighted by atomic mass is 16.4. The minimum Gasteiger partial charge on any atom is -0.480 e. The van der Waals surface area contributed by atoms with Crippen molar-refractivity contribution in [3.63, 3.8) is 0 Å². The smallest absolute Gasteiger partial charge is 0.325 e. The second-order valence-corrected chi connectivity index (χ2v) is 2.91. The summed E-state index contributed by atoms with van der Waals surface area (Å²) in [5.74, 6) is -0.953. The molecule has 0 spiro atoms. The zero-order chi connectivity index (χ0) is 10.6. The largest absolute Gasteiger partial charge is 0.480 e. The van der Waals surface area contributed by atoms with Gasteiger partial charge in [0.25, 0.3) is 0 Å². The van der Waals surface area contributed by atoms with E-state index in [1.54, 1.807) is 24.3 Å². The second-order valence-electron chi connectivity index (χ2n) is 2.91. The fourth-order valence-electron chi connectivity index (χ4n) is 1.03. The Morgan fingerprint density at radius 2 is 2.14 bits per heavy atom. The number of nitrogens with one attached hydrogen (secondary N) is 1. The zero-order valence-corrected chi connectivity index (χ0v) is 7.73. The SMILES string of the molecule is CC(Nc1ccccc1C=O)C(=O)O. The summed E-state index contributed by atoms with van der Waals surface area (Å²) in [6.07, 6.45) is 0.691. The minimum absolute atomic E-state index is 0.459. The number of hydrogen-bond acceptors (Lipinski definition) is 3. The summed E-state index contributed by atoms with van der Waals surface area (Å²) in [4.78, 5) is 21.1. The summed E-state index contributed by atoms with van der Waals surface area (Å²) < 4.78 is 0. The molecular formula is C10H11NO3. The summed E-state index contributed by atoms with van der Waals surface area (Å²) in [5, 5.41) is 11.4. The Morgan fingerprint density at radius 1 is 1.50 bits per heavy atom. The van der Waals surface area contributed by atoms with Crippen LogP contribution in [-0.4, -0.2) is 23.4 Å². The summed E-state index contributed by atoms with van der Waals surface area (Å²) >= 11 is 0. The summed E-state index contributed by atoms with van der Waals surface area (Å²) in [6, 6.07) is 6.05.